The summed E-state index contributed by atoms with van der Waals surface area (Å²) in [7, 11) is 0. The number of amides is 1. The van der Waals surface area contributed by atoms with E-state index in [-0.39, 0.29) is 22.1 Å². The average Bonchev–Trinajstić information content (AvgIpc) is 3.38. The molecule has 13 heteroatoms. The molecule has 1 aromatic carbocycles. The van der Waals surface area contributed by atoms with Crippen molar-refractivity contribution in [1.82, 2.24) is 24.4 Å². The largest absolute Gasteiger partial charge is 0.490 e. The number of alkyl halides is 3. The Morgan fingerprint density at radius 3 is 2.56 bits per heavy atom. The molecule has 0 atom stereocenters. The van der Waals surface area contributed by atoms with Gasteiger partial charge in [0.1, 0.15) is 10.7 Å². The van der Waals surface area contributed by atoms with Crippen LogP contribution in [0, 0.1) is 6.92 Å². The summed E-state index contributed by atoms with van der Waals surface area (Å²) >= 11 is 6.18. The van der Waals surface area contributed by atoms with Gasteiger partial charge in [-0.1, -0.05) is 17.7 Å². The van der Waals surface area contributed by atoms with Crippen molar-refractivity contribution < 1.29 is 27.4 Å². The van der Waals surface area contributed by atoms with Gasteiger partial charge >= 0.3 is 6.18 Å². The van der Waals surface area contributed by atoms with Gasteiger partial charge in [0, 0.05) is 11.9 Å². The zero-order valence-electron chi connectivity index (χ0n) is 19.6. The van der Waals surface area contributed by atoms with Gasteiger partial charge in [-0.25, -0.2) is 9.50 Å². The maximum atomic E-state index is 13.4. The normalized spacial score (nSPS) is 11.6. The van der Waals surface area contributed by atoms with Crippen molar-refractivity contribution in [3.63, 3.8) is 0 Å². The van der Waals surface area contributed by atoms with Crippen LogP contribution in [0.5, 0.6) is 11.5 Å². The molecule has 0 radical (unpaired) electrons. The number of hydrogen-bond acceptors (Lipinski definition) is 6. The smallest absolute Gasteiger partial charge is 0.433 e. The van der Waals surface area contributed by atoms with Crippen molar-refractivity contribution in [2.75, 3.05) is 18.5 Å². The van der Waals surface area contributed by atoms with Crippen LogP contribution in [0.4, 0.5) is 18.9 Å². The zero-order valence-corrected chi connectivity index (χ0v) is 20.3. The van der Waals surface area contributed by atoms with Gasteiger partial charge < -0.3 is 14.8 Å². The summed E-state index contributed by atoms with van der Waals surface area (Å²) in [6, 6.07) is 6.36. The first kappa shape index (κ1) is 25.3. The molecule has 1 amide bonds. The zero-order chi connectivity index (χ0) is 26.0. The highest BCUT2D eigenvalue weighted by Gasteiger charge is 2.36. The second-order valence-electron chi connectivity index (χ2n) is 7.71. The van der Waals surface area contributed by atoms with E-state index in [1.807, 2.05) is 32.0 Å². The van der Waals surface area contributed by atoms with Gasteiger partial charge in [-0.15, -0.1) is 0 Å². The highest BCUT2D eigenvalue weighted by atomic mass is 35.5. The highest BCUT2D eigenvalue weighted by Crippen LogP contribution is 2.32. The quantitative estimate of drug-likeness (QED) is 0.350. The maximum absolute atomic E-state index is 13.4. The number of nitrogens with zero attached hydrogens (tertiary/aromatic N) is 5. The fourth-order valence-corrected chi connectivity index (χ4v) is 3.79. The Hall–Kier alpha value is -3.80. The van der Waals surface area contributed by atoms with Crippen LogP contribution in [-0.4, -0.2) is 43.5 Å². The van der Waals surface area contributed by atoms with Gasteiger partial charge in [-0.2, -0.15) is 23.4 Å². The number of rotatable bonds is 8. The Morgan fingerprint density at radius 2 is 1.86 bits per heavy atom. The van der Waals surface area contributed by atoms with Gasteiger partial charge in [0.25, 0.3) is 5.91 Å². The molecular weight excluding hydrogens is 501 g/mol. The Bertz CT molecular complexity index is 1420. The molecule has 0 bridgehead atoms. The van der Waals surface area contributed by atoms with Crippen molar-refractivity contribution >= 4 is 28.8 Å². The molecule has 0 aliphatic rings. The van der Waals surface area contributed by atoms with E-state index >= 15 is 0 Å². The third-order valence-electron chi connectivity index (χ3n) is 5.01. The van der Waals surface area contributed by atoms with E-state index in [9.17, 15) is 18.0 Å². The van der Waals surface area contributed by atoms with Crippen molar-refractivity contribution in [3.8, 4) is 11.5 Å². The SMILES string of the molecule is CCOc1ccc(Cn2cc(NC(=O)c3nn4c(C(F)(F)F)cc(C)nc4c3Cl)cn2)cc1OCC. The van der Waals surface area contributed by atoms with Crippen molar-refractivity contribution in [1.29, 1.82) is 0 Å². The van der Waals surface area contributed by atoms with Crippen LogP contribution in [0.3, 0.4) is 0 Å². The third kappa shape index (κ3) is 5.23. The lowest BCUT2D eigenvalue weighted by molar-refractivity contribution is -0.142. The number of ether oxygens (including phenoxy) is 2. The van der Waals surface area contributed by atoms with Crippen LogP contribution in [0.2, 0.25) is 5.02 Å². The standard InChI is InChI=1S/C23H22ClF3N6O3/c1-4-35-16-7-6-14(9-17(16)36-5-2)11-32-12-15(10-28-32)30-22(34)20-19(24)21-29-13(3)8-18(23(25,26)27)33(21)31-20/h6-10,12H,4-5,11H2,1-3H3,(H,30,34). The number of anilines is 1. The Morgan fingerprint density at radius 1 is 1.14 bits per heavy atom. The number of carbonyl (C=O) groups is 1. The van der Waals surface area contributed by atoms with Crippen molar-refractivity contribution in [3.05, 3.63) is 64.3 Å². The molecule has 3 heterocycles. The minimum absolute atomic E-state index is 0.0895. The summed E-state index contributed by atoms with van der Waals surface area (Å²) < 4.78 is 53.6. The molecule has 190 valence electrons. The molecule has 0 fully saturated rings. The van der Waals surface area contributed by atoms with Gasteiger partial charge in [-0.3, -0.25) is 9.48 Å². The van der Waals surface area contributed by atoms with Gasteiger partial charge in [0.2, 0.25) is 0 Å². The molecule has 36 heavy (non-hydrogen) atoms. The summed E-state index contributed by atoms with van der Waals surface area (Å²) in [5.41, 5.74) is -0.449. The summed E-state index contributed by atoms with van der Waals surface area (Å²) in [6.45, 7) is 6.51. The van der Waals surface area contributed by atoms with Crippen LogP contribution in [-0.2, 0) is 12.7 Å². The summed E-state index contributed by atoms with van der Waals surface area (Å²) in [6.07, 6.45) is -1.73. The molecule has 3 aromatic heterocycles. The minimum Gasteiger partial charge on any atom is -0.490 e. The summed E-state index contributed by atoms with van der Waals surface area (Å²) in [5.74, 6) is 0.454. The number of nitrogens with one attached hydrogen (secondary N) is 1. The van der Waals surface area contributed by atoms with E-state index in [1.165, 1.54) is 13.1 Å². The lowest BCUT2D eigenvalue weighted by Gasteiger charge is -2.12. The second kappa shape index (κ2) is 10.1. The van der Waals surface area contributed by atoms with Crippen LogP contribution >= 0.6 is 11.6 Å². The molecule has 0 spiro atoms. The third-order valence-corrected chi connectivity index (χ3v) is 5.36. The highest BCUT2D eigenvalue weighted by molar-refractivity contribution is 6.37. The van der Waals surface area contributed by atoms with Gasteiger partial charge in [-0.05, 0) is 44.5 Å². The minimum atomic E-state index is -4.71. The number of benzene rings is 1. The summed E-state index contributed by atoms with van der Waals surface area (Å²) in [5, 5.41) is 10.3. The fourth-order valence-electron chi connectivity index (χ4n) is 3.55. The van der Waals surface area contributed by atoms with Crippen LogP contribution in [0.25, 0.3) is 5.65 Å². The molecule has 0 unspecified atom stereocenters. The number of fused-ring (bicyclic) bond motifs is 1. The van der Waals surface area contributed by atoms with Crippen molar-refractivity contribution in [2.24, 2.45) is 0 Å². The number of hydrogen-bond donors (Lipinski definition) is 1. The lowest BCUT2D eigenvalue weighted by atomic mass is 10.2. The predicted molar refractivity (Wildman–Crippen MR) is 126 cm³/mol. The molecule has 4 aromatic rings. The van der Waals surface area contributed by atoms with E-state index in [0.717, 1.165) is 11.6 Å². The Balaban J connectivity index is 1.54. The van der Waals surface area contributed by atoms with Crippen molar-refractivity contribution in [2.45, 2.75) is 33.5 Å². The monoisotopic (exact) mass is 522 g/mol. The first-order valence-corrected chi connectivity index (χ1v) is 11.3. The van der Waals surface area contributed by atoms with Gasteiger partial charge in [0.15, 0.2) is 22.8 Å². The number of carbonyl (C=O) groups excluding carboxylic acids is 1. The first-order valence-electron chi connectivity index (χ1n) is 11.0. The Labute approximate surface area is 208 Å². The van der Waals surface area contributed by atoms with Crippen LogP contribution < -0.4 is 14.8 Å². The first-order chi connectivity index (χ1) is 17.1. The maximum Gasteiger partial charge on any atom is 0.433 e. The molecule has 0 aliphatic carbocycles. The molecule has 0 saturated heterocycles. The van der Waals surface area contributed by atoms with E-state index < -0.39 is 17.8 Å². The van der Waals surface area contributed by atoms with E-state index in [1.54, 1.807) is 10.9 Å². The van der Waals surface area contributed by atoms with Gasteiger partial charge in [0.05, 0.1) is 31.6 Å². The number of aromatic nitrogens is 5. The lowest BCUT2D eigenvalue weighted by Crippen LogP contribution is -2.15. The number of halogens is 4. The molecule has 0 saturated carbocycles. The molecule has 9 nitrogen and oxygen atoms in total. The summed E-state index contributed by atoms with van der Waals surface area (Å²) in [4.78, 5) is 16.8. The average molecular weight is 523 g/mol. The topological polar surface area (TPSA) is 95.6 Å². The van der Waals surface area contributed by atoms with E-state index in [0.29, 0.717) is 41.5 Å². The van der Waals surface area contributed by atoms with Crippen LogP contribution in [0.1, 0.15) is 41.3 Å². The number of aryl methyl sites for hydroxylation is 1. The molecule has 0 aliphatic heterocycles. The molecule has 4 rings (SSSR count). The predicted octanol–water partition coefficient (Wildman–Crippen LogP) is 5.00. The van der Waals surface area contributed by atoms with E-state index in [4.69, 9.17) is 21.1 Å². The molecule has 1 N–H and O–H groups in total. The van der Waals surface area contributed by atoms with Crippen LogP contribution in [0.15, 0.2) is 36.7 Å². The second-order valence-corrected chi connectivity index (χ2v) is 8.08. The van der Waals surface area contributed by atoms with E-state index in [2.05, 4.69) is 20.5 Å². The molecular formula is C23H22ClF3N6O3. The Kier molecular flexibility index (Phi) is 7.07. The fraction of sp³-hybridized carbons (Fsp3) is 0.304.